The molecule has 52 heavy (non-hydrogen) atoms. The second-order valence-electron chi connectivity index (χ2n) is 15.5. The number of aliphatic hydroxyl groups excluding tert-OH is 1. The average molecular weight is 733 g/mol. The Morgan fingerprint density at radius 3 is 1.17 bits per heavy atom. The number of hydrogen-bond acceptors (Lipinski definition) is 5. The van der Waals surface area contributed by atoms with Gasteiger partial charge in [0.1, 0.15) is 6.61 Å². The summed E-state index contributed by atoms with van der Waals surface area (Å²) in [6, 6.07) is 0. The molecule has 1 atom stereocenters. The minimum atomic E-state index is -0.771. The van der Waals surface area contributed by atoms with E-state index in [4.69, 9.17) is 9.47 Å². The first-order chi connectivity index (χ1) is 25.6. The van der Waals surface area contributed by atoms with Gasteiger partial charge in [-0.05, 0) is 44.9 Å². The SMILES string of the molecule is CCCCC/C=C/C/C=C/CCCCCCCCCC(=O)O[C@@H](CO)COC(=O)CCCCCCCCCCCCCCCCCCCCCCC. The molecule has 0 bridgehead atoms. The summed E-state index contributed by atoms with van der Waals surface area (Å²) in [6.07, 6.45) is 52.5. The van der Waals surface area contributed by atoms with Gasteiger partial charge in [0, 0.05) is 12.8 Å². The van der Waals surface area contributed by atoms with E-state index < -0.39 is 6.10 Å². The summed E-state index contributed by atoms with van der Waals surface area (Å²) in [4.78, 5) is 24.4. The molecule has 0 saturated heterocycles. The van der Waals surface area contributed by atoms with Crippen molar-refractivity contribution in [2.75, 3.05) is 13.2 Å². The lowest BCUT2D eigenvalue weighted by Crippen LogP contribution is -2.28. The van der Waals surface area contributed by atoms with Crippen molar-refractivity contribution in [1.29, 1.82) is 0 Å². The highest BCUT2D eigenvalue weighted by Gasteiger charge is 2.16. The summed E-state index contributed by atoms with van der Waals surface area (Å²) in [5, 5.41) is 9.59. The first-order valence-corrected chi connectivity index (χ1v) is 22.9. The van der Waals surface area contributed by atoms with E-state index in [-0.39, 0.29) is 25.2 Å². The maximum absolute atomic E-state index is 12.2. The molecule has 0 fully saturated rings. The number of allylic oxidation sites excluding steroid dienone is 4. The van der Waals surface area contributed by atoms with Crippen LogP contribution in [0.3, 0.4) is 0 Å². The van der Waals surface area contributed by atoms with E-state index in [1.54, 1.807) is 0 Å². The van der Waals surface area contributed by atoms with Crippen molar-refractivity contribution in [1.82, 2.24) is 0 Å². The Labute approximate surface area is 323 Å². The number of unbranched alkanes of at least 4 members (excludes halogenated alkanes) is 30. The van der Waals surface area contributed by atoms with Gasteiger partial charge in [0.05, 0.1) is 6.61 Å². The van der Waals surface area contributed by atoms with E-state index in [1.807, 2.05) is 0 Å². The van der Waals surface area contributed by atoms with Crippen molar-refractivity contribution < 1.29 is 24.2 Å². The second kappa shape index (κ2) is 43.8. The molecule has 0 aromatic heterocycles. The van der Waals surface area contributed by atoms with Crippen LogP contribution in [0.15, 0.2) is 24.3 Å². The van der Waals surface area contributed by atoms with Crippen LogP contribution in [0.2, 0.25) is 0 Å². The third kappa shape index (κ3) is 41.1. The van der Waals surface area contributed by atoms with Gasteiger partial charge in [-0.25, -0.2) is 0 Å². The third-order valence-corrected chi connectivity index (χ3v) is 10.2. The van der Waals surface area contributed by atoms with E-state index in [1.165, 1.54) is 167 Å². The quantitative estimate of drug-likeness (QED) is 0.0384. The van der Waals surface area contributed by atoms with Gasteiger partial charge in [0.15, 0.2) is 6.10 Å². The van der Waals surface area contributed by atoms with Gasteiger partial charge in [0.25, 0.3) is 0 Å². The summed E-state index contributed by atoms with van der Waals surface area (Å²) >= 11 is 0. The van der Waals surface area contributed by atoms with Crippen LogP contribution >= 0.6 is 0 Å². The fourth-order valence-corrected chi connectivity index (χ4v) is 6.76. The molecule has 0 aromatic rings. The van der Waals surface area contributed by atoms with Crippen LogP contribution in [0.5, 0.6) is 0 Å². The maximum Gasteiger partial charge on any atom is 0.306 e. The number of hydrogen-bond donors (Lipinski definition) is 1. The lowest BCUT2D eigenvalue weighted by molar-refractivity contribution is -0.161. The predicted octanol–water partition coefficient (Wildman–Crippen LogP) is 14.6. The minimum absolute atomic E-state index is 0.0642. The molecule has 0 aliphatic carbocycles. The Kier molecular flexibility index (Phi) is 42.4. The van der Waals surface area contributed by atoms with Crippen LogP contribution < -0.4 is 0 Å². The normalized spacial score (nSPS) is 12.3. The molecule has 0 radical (unpaired) electrons. The molecule has 0 heterocycles. The number of esters is 2. The molecule has 5 heteroatoms. The zero-order valence-electron chi connectivity index (χ0n) is 34.8. The topological polar surface area (TPSA) is 72.8 Å². The van der Waals surface area contributed by atoms with Crippen LogP contribution in [-0.4, -0.2) is 36.4 Å². The highest BCUT2D eigenvalue weighted by Crippen LogP contribution is 2.16. The molecular formula is C47H88O5. The zero-order valence-corrected chi connectivity index (χ0v) is 34.8. The van der Waals surface area contributed by atoms with Crippen LogP contribution in [0.4, 0.5) is 0 Å². The van der Waals surface area contributed by atoms with Crippen LogP contribution in [0.25, 0.3) is 0 Å². The Bertz CT molecular complexity index is 791. The van der Waals surface area contributed by atoms with E-state index in [0.29, 0.717) is 12.8 Å². The van der Waals surface area contributed by atoms with Gasteiger partial charge in [-0.2, -0.15) is 0 Å². The first-order valence-electron chi connectivity index (χ1n) is 22.9. The van der Waals surface area contributed by atoms with Gasteiger partial charge in [0.2, 0.25) is 0 Å². The fraction of sp³-hybridized carbons (Fsp3) is 0.872. The Balaban J connectivity index is 3.48. The molecule has 0 aliphatic rings. The Morgan fingerprint density at radius 1 is 0.442 bits per heavy atom. The molecule has 0 amide bonds. The number of aliphatic hydroxyl groups is 1. The molecule has 0 unspecified atom stereocenters. The molecule has 1 N–H and O–H groups in total. The van der Waals surface area contributed by atoms with E-state index in [9.17, 15) is 14.7 Å². The van der Waals surface area contributed by atoms with E-state index >= 15 is 0 Å². The standard InChI is InChI=1S/C47H88O5/c1-3-5-7-9-11-13-15-17-19-21-22-23-24-26-27-29-31-33-35-37-39-41-46(49)51-44-45(43-48)52-47(50)42-40-38-36-34-32-30-28-25-20-18-16-14-12-10-8-6-4-2/h12,14,18,20,45,48H,3-11,13,15-17,19,21-44H2,1-2H3/b14-12+,20-18+/t45-/m0/s1. The summed E-state index contributed by atoms with van der Waals surface area (Å²) in [5.74, 6) is -0.587. The van der Waals surface area contributed by atoms with E-state index in [0.717, 1.165) is 51.4 Å². The molecule has 0 aliphatic heterocycles. The van der Waals surface area contributed by atoms with Crippen molar-refractivity contribution >= 4 is 11.9 Å². The zero-order chi connectivity index (χ0) is 37.8. The van der Waals surface area contributed by atoms with Crippen molar-refractivity contribution in [3.63, 3.8) is 0 Å². The Morgan fingerprint density at radius 2 is 0.769 bits per heavy atom. The van der Waals surface area contributed by atoms with Crippen molar-refractivity contribution in [3.8, 4) is 0 Å². The van der Waals surface area contributed by atoms with Gasteiger partial charge in [-0.15, -0.1) is 0 Å². The minimum Gasteiger partial charge on any atom is -0.462 e. The van der Waals surface area contributed by atoms with Crippen LogP contribution in [0, 0.1) is 0 Å². The smallest absolute Gasteiger partial charge is 0.306 e. The fourth-order valence-electron chi connectivity index (χ4n) is 6.76. The van der Waals surface area contributed by atoms with Gasteiger partial charge < -0.3 is 14.6 Å². The molecule has 5 nitrogen and oxygen atoms in total. The van der Waals surface area contributed by atoms with Gasteiger partial charge in [-0.1, -0.05) is 212 Å². The molecule has 0 saturated carbocycles. The summed E-state index contributed by atoms with van der Waals surface area (Å²) < 4.78 is 10.6. The highest BCUT2D eigenvalue weighted by molar-refractivity contribution is 5.70. The molecular weight excluding hydrogens is 645 g/mol. The Hall–Kier alpha value is -1.62. The second-order valence-corrected chi connectivity index (χ2v) is 15.5. The van der Waals surface area contributed by atoms with Crippen LogP contribution in [0.1, 0.15) is 245 Å². The highest BCUT2D eigenvalue weighted by atomic mass is 16.6. The first kappa shape index (κ1) is 50.4. The summed E-state index contributed by atoms with van der Waals surface area (Å²) in [5.41, 5.74) is 0. The van der Waals surface area contributed by atoms with Crippen molar-refractivity contribution in [2.45, 2.75) is 251 Å². The van der Waals surface area contributed by atoms with Crippen molar-refractivity contribution in [3.05, 3.63) is 24.3 Å². The number of carbonyl (C=O) groups is 2. The van der Waals surface area contributed by atoms with E-state index in [2.05, 4.69) is 38.2 Å². The van der Waals surface area contributed by atoms with Crippen LogP contribution in [-0.2, 0) is 19.1 Å². The number of ether oxygens (including phenoxy) is 2. The molecule has 0 rings (SSSR count). The number of carbonyl (C=O) groups excluding carboxylic acids is 2. The predicted molar refractivity (Wildman–Crippen MR) is 224 cm³/mol. The monoisotopic (exact) mass is 733 g/mol. The van der Waals surface area contributed by atoms with Gasteiger partial charge in [-0.3, -0.25) is 9.59 Å². The maximum atomic E-state index is 12.2. The average Bonchev–Trinajstić information content (AvgIpc) is 3.15. The molecule has 0 aromatic carbocycles. The molecule has 306 valence electrons. The summed E-state index contributed by atoms with van der Waals surface area (Å²) in [7, 11) is 0. The van der Waals surface area contributed by atoms with Gasteiger partial charge >= 0.3 is 11.9 Å². The summed E-state index contributed by atoms with van der Waals surface area (Å²) in [6.45, 7) is 4.14. The third-order valence-electron chi connectivity index (χ3n) is 10.2. The lowest BCUT2D eigenvalue weighted by Gasteiger charge is -2.15. The van der Waals surface area contributed by atoms with Crippen molar-refractivity contribution in [2.24, 2.45) is 0 Å². The largest absolute Gasteiger partial charge is 0.462 e. The molecule has 0 spiro atoms. The number of rotatable bonds is 42. The lowest BCUT2D eigenvalue weighted by atomic mass is 10.0.